The molecule has 25 heavy (non-hydrogen) atoms. The molecule has 2 aromatic heterocycles. The van der Waals surface area contributed by atoms with Gasteiger partial charge in [0.05, 0.1) is 36.2 Å². The Morgan fingerprint density at radius 3 is 2.40 bits per heavy atom. The molecule has 3 aromatic rings. The summed E-state index contributed by atoms with van der Waals surface area (Å²) in [6, 6.07) is 12.6. The number of methoxy groups -OCH3 is 1. The predicted octanol–water partition coefficient (Wildman–Crippen LogP) is 2.98. The fourth-order valence-electron chi connectivity index (χ4n) is 2.50. The summed E-state index contributed by atoms with van der Waals surface area (Å²) in [7, 11) is 1.56. The highest BCUT2D eigenvalue weighted by Crippen LogP contribution is 2.34. The zero-order valence-corrected chi connectivity index (χ0v) is 13.6. The van der Waals surface area contributed by atoms with E-state index >= 15 is 0 Å². The highest BCUT2D eigenvalue weighted by atomic mass is 16.5. The summed E-state index contributed by atoms with van der Waals surface area (Å²) >= 11 is 0. The summed E-state index contributed by atoms with van der Waals surface area (Å²) in [5.74, 6) is 1.41. The molecule has 0 amide bonds. The first-order valence-corrected chi connectivity index (χ1v) is 7.34. The van der Waals surface area contributed by atoms with Crippen molar-refractivity contribution in [3.8, 4) is 40.9 Å². The number of hydrogen-bond donors (Lipinski definition) is 0. The first kappa shape index (κ1) is 16.0. The van der Waals surface area contributed by atoms with E-state index in [9.17, 15) is 0 Å². The van der Waals surface area contributed by atoms with Gasteiger partial charge in [-0.05, 0) is 36.8 Å². The van der Waals surface area contributed by atoms with Gasteiger partial charge in [0.15, 0.2) is 11.6 Å². The second kappa shape index (κ2) is 6.73. The summed E-state index contributed by atoms with van der Waals surface area (Å²) in [6.07, 6.45) is 3.04. The van der Waals surface area contributed by atoms with Gasteiger partial charge in [0.1, 0.15) is 0 Å². The van der Waals surface area contributed by atoms with Crippen LogP contribution in [0.15, 0.2) is 42.6 Å². The van der Waals surface area contributed by atoms with Crippen LogP contribution in [0.2, 0.25) is 0 Å². The Hall–Kier alpha value is -3.84. The maximum atomic E-state index is 8.94. The van der Waals surface area contributed by atoms with Gasteiger partial charge in [-0.25, -0.2) is 4.98 Å². The first-order chi connectivity index (χ1) is 12.2. The number of nitrogens with zero attached hydrogens (tertiary/aromatic N) is 5. The van der Waals surface area contributed by atoms with Crippen LogP contribution in [0.5, 0.6) is 11.6 Å². The van der Waals surface area contributed by atoms with E-state index in [4.69, 9.17) is 20.0 Å². The topological polar surface area (TPSA) is 96.7 Å². The number of benzene rings is 1. The second-order valence-electron chi connectivity index (χ2n) is 5.12. The van der Waals surface area contributed by atoms with Crippen molar-refractivity contribution in [1.82, 2.24) is 14.8 Å². The molecule has 1 aromatic carbocycles. The molecule has 0 aliphatic heterocycles. The Morgan fingerprint density at radius 1 is 1.08 bits per heavy atom. The molecule has 0 unspecified atom stereocenters. The molecule has 0 N–H and O–H groups in total. The van der Waals surface area contributed by atoms with E-state index in [2.05, 4.69) is 16.2 Å². The minimum absolute atomic E-state index is 0.349. The van der Waals surface area contributed by atoms with E-state index in [1.165, 1.54) is 6.20 Å². The Labute approximate surface area is 144 Å². The van der Waals surface area contributed by atoms with Crippen molar-refractivity contribution in [3.63, 3.8) is 0 Å². The smallest absolute Gasteiger partial charge is 0.292 e. The molecule has 0 bridgehead atoms. The SMILES string of the molecule is COc1c(-c2ccc(C#N)cc2)c(C)nn1-c1ccc(OC#N)cn1. The van der Waals surface area contributed by atoms with Crippen molar-refractivity contribution < 1.29 is 9.47 Å². The number of rotatable bonds is 4. The van der Waals surface area contributed by atoms with Crippen LogP contribution in [0, 0.1) is 29.8 Å². The van der Waals surface area contributed by atoms with Gasteiger partial charge in [0.25, 0.3) is 6.26 Å². The van der Waals surface area contributed by atoms with E-state index in [-0.39, 0.29) is 0 Å². The fraction of sp³-hybridized carbons (Fsp3) is 0.111. The van der Waals surface area contributed by atoms with Crippen LogP contribution in [-0.2, 0) is 0 Å². The third-order valence-corrected chi connectivity index (χ3v) is 3.62. The number of pyridine rings is 1. The summed E-state index contributed by atoms with van der Waals surface area (Å²) in [5.41, 5.74) is 3.07. The molecule has 0 aliphatic rings. The van der Waals surface area contributed by atoms with Gasteiger partial charge in [-0.1, -0.05) is 12.1 Å². The molecule has 0 atom stereocenters. The Bertz CT molecular complexity index is 977. The number of hydrogen-bond acceptors (Lipinski definition) is 6. The molecule has 0 saturated carbocycles. The Morgan fingerprint density at radius 2 is 1.84 bits per heavy atom. The third-order valence-electron chi connectivity index (χ3n) is 3.62. The van der Waals surface area contributed by atoms with Crippen LogP contribution in [0.25, 0.3) is 16.9 Å². The zero-order chi connectivity index (χ0) is 17.8. The summed E-state index contributed by atoms with van der Waals surface area (Å²) in [6.45, 7) is 1.87. The number of aryl methyl sites for hydroxylation is 1. The molecule has 0 aliphatic carbocycles. The summed E-state index contributed by atoms with van der Waals surface area (Å²) < 4.78 is 11.9. The highest BCUT2D eigenvalue weighted by Gasteiger charge is 2.19. The normalized spacial score (nSPS) is 9.92. The van der Waals surface area contributed by atoms with Gasteiger partial charge in [-0.2, -0.15) is 15.0 Å². The standard InChI is InChI=1S/C18H13N5O2/c1-12-17(14-5-3-13(9-19)4-6-14)18(24-2)23(22-12)16-8-7-15(10-21-16)25-11-20/h3-8,10H,1-2H3. The van der Waals surface area contributed by atoms with Crippen LogP contribution in [-0.4, -0.2) is 21.9 Å². The van der Waals surface area contributed by atoms with Crippen molar-refractivity contribution in [3.05, 3.63) is 53.9 Å². The van der Waals surface area contributed by atoms with Crippen LogP contribution >= 0.6 is 0 Å². The van der Waals surface area contributed by atoms with Gasteiger partial charge < -0.3 is 9.47 Å². The summed E-state index contributed by atoms with van der Waals surface area (Å²) in [4.78, 5) is 4.25. The van der Waals surface area contributed by atoms with Gasteiger partial charge in [-0.3, -0.25) is 0 Å². The molecule has 7 nitrogen and oxygen atoms in total. The van der Waals surface area contributed by atoms with Crippen molar-refractivity contribution in [2.24, 2.45) is 0 Å². The molecule has 0 fully saturated rings. The molecule has 2 heterocycles. The Balaban J connectivity index is 2.07. The van der Waals surface area contributed by atoms with Gasteiger partial charge in [0, 0.05) is 0 Å². The first-order valence-electron chi connectivity index (χ1n) is 7.34. The lowest BCUT2D eigenvalue weighted by atomic mass is 10.0. The average molecular weight is 331 g/mol. The van der Waals surface area contributed by atoms with Crippen molar-refractivity contribution in [2.45, 2.75) is 6.92 Å². The third kappa shape index (κ3) is 2.99. The van der Waals surface area contributed by atoms with Crippen LogP contribution < -0.4 is 9.47 Å². The van der Waals surface area contributed by atoms with Crippen LogP contribution in [0.4, 0.5) is 0 Å². The van der Waals surface area contributed by atoms with Crippen molar-refractivity contribution in [2.75, 3.05) is 7.11 Å². The van der Waals surface area contributed by atoms with E-state index in [1.807, 2.05) is 19.1 Å². The Kier molecular flexibility index (Phi) is 4.32. The molecule has 7 heteroatoms. The zero-order valence-electron chi connectivity index (χ0n) is 13.6. The predicted molar refractivity (Wildman–Crippen MR) is 89.0 cm³/mol. The number of ether oxygens (including phenoxy) is 2. The molecule has 0 spiro atoms. The maximum Gasteiger partial charge on any atom is 0.292 e. The van der Waals surface area contributed by atoms with E-state index < -0.39 is 0 Å². The average Bonchev–Trinajstić information content (AvgIpc) is 2.99. The lowest BCUT2D eigenvalue weighted by Crippen LogP contribution is -2.02. The molecule has 3 rings (SSSR count). The molecule has 0 radical (unpaired) electrons. The van der Waals surface area contributed by atoms with Crippen molar-refractivity contribution in [1.29, 1.82) is 10.5 Å². The lowest BCUT2D eigenvalue weighted by molar-refractivity contribution is 0.384. The summed E-state index contributed by atoms with van der Waals surface area (Å²) in [5, 5.41) is 22.0. The van der Waals surface area contributed by atoms with E-state index in [1.54, 1.807) is 42.3 Å². The lowest BCUT2D eigenvalue weighted by Gasteiger charge is -2.08. The maximum absolute atomic E-state index is 8.94. The van der Waals surface area contributed by atoms with Gasteiger partial charge >= 0.3 is 0 Å². The molecule has 0 saturated heterocycles. The second-order valence-corrected chi connectivity index (χ2v) is 5.12. The van der Waals surface area contributed by atoms with E-state index in [0.29, 0.717) is 23.0 Å². The van der Waals surface area contributed by atoms with Crippen molar-refractivity contribution >= 4 is 0 Å². The minimum atomic E-state index is 0.349. The monoisotopic (exact) mass is 331 g/mol. The van der Waals surface area contributed by atoms with Gasteiger partial charge in [0.2, 0.25) is 5.88 Å². The largest absolute Gasteiger partial charge is 0.480 e. The number of aromatic nitrogens is 3. The van der Waals surface area contributed by atoms with Gasteiger partial charge in [-0.15, -0.1) is 5.26 Å². The van der Waals surface area contributed by atoms with Crippen LogP contribution in [0.3, 0.4) is 0 Å². The highest BCUT2D eigenvalue weighted by molar-refractivity contribution is 5.72. The molecule has 122 valence electrons. The molecular formula is C18H13N5O2. The van der Waals surface area contributed by atoms with E-state index in [0.717, 1.165) is 16.8 Å². The quantitative estimate of drug-likeness (QED) is 0.682. The number of nitriles is 2. The fourth-order valence-corrected chi connectivity index (χ4v) is 2.50. The molecular weight excluding hydrogens is 318 g/mol. The van der Waals surface area contributed by atoms with Crippen LogP contribution in [0.1, 0.15) is 11.3 Å². The minimum Gasteiger partial charge on any atom is -0.480 e.